The van der Waals surface area contributed by atoms with Crippen LogP contribution in [0.15, 0.2) is 29.7 Å². The van der Waals surface area contributed by atoms with Crippen LogP contribution in [-0.2, 0) is 20.7 Å². The maximum absolute atomic E-state index is 12.0. The van der Waals surface area contributed by atoms with Crippen LogP contribution in [0.2, 0.25) is 0 Å². The lowest BCUT2D eigenvalue weighted by atomic mass is 9.83. The summed E-state index contributed by atoms with van der Waals surface area (Å²) >= 11 is 0. The van der Waals surface area contributed by atoms with E-state index in [1.54, 1.807) is 0 Å². The molecule has 4 rings (SSSR count). The standard InChI is InChI=1S/C24H29N5O6/c1-3-33-19-12-15(4-5-18(19)34-11-8-29-6-9-32-10-7-29)21-16(14-25)23(26)35-24-22(21)17(27-28-24)13-20(30)31-2/h4-5,12,21H,3,6-11,13,26H2,1-2H3,(H,27,28). The summed E-state index contributed by atoms with van der Waals surface area (Å²) in [6, 6.07) is 7.65. The zero-order chi connectivity index (χ0) is 24.8. The molecule has 0 bridgehead atoms. The third-order valence-electron chi connectivity index (χ3n) is 5.94. The number of H-pyrrole nitrogens is 1. The predicted molar refractivity (Wildman–Crippen MR) is 124 cm³/mol. The molecule has 0 aliphatic carbocycles. The Kier molecular flexibility index (Phi) is 7.74. The Balaban J connectivity index is 1.63. The molecular weight excluding hydrogens is 454 g/mol. The van der Waals surface area contributed by atoms with Gasteiger partial charge in [0.1, 0.15) is 18.2 Å². The molecule has 1 aromatic carbocycles. The van der Waals surface area contributed by atoms with Crippen molar-refractivity contribution >= 4 is 5.97 Å². The molecule has 1 fully saturated rings. The van der Waals surface area contributed by atoms with E-state index in [1.807, 2.05) is 25.1 Å². The number of hydrogen-bond acceptors (Lipinski definition) is 10. The first-order valence-electron chi connectivity index (χ1n) is 11.5. The predicted octanol–water partition coefficient (Wildman–Crippen LogP) is 1.45. The molecular formula is C24H29N5O6. The van der Waals surface area contributed by atoms with Gasteiger partial charge in [0.15, 0.2) is 11.5 Å². The van der Waals surface area contributed by atoms with Gasteiger partial charge in [-0.1, -0.05) is 6.07 Å². The number of morpholine rings is 1. The number of ether oxygens (including phenoxy) is 5. The molecule has 2 aromatic rings. The van der Waals surface area contributed by atoms with Gasteiger partial charge >= 0.3 is 5.97 Å². The van der Waals surface area contributed by atoms with Crippen LogP contribution in [0.4, 0.5) is 0 Å². The van der Waals surface area contributed by atoms with Crippen LogP contribution < -0.4 is 19.9 Å². The summed E-state index contributed by atoms with van der Waals surface area (Å²) in [4.78, 5) is 14.3. The Hall–Kier alpha value is -3.75. The van der Waals surface area contributed by atoms with Gasteiger partial charge in [-0.05, 0) is 24.6 Å². The minimum Gasteiger partial charge on any atom is -0.490 e. The molecule has 0 spiro atoms. The Morgan fingerprint density at radius 1 is 1.31 bits per heavy atom. The van der Waals surface area contributed by atoms with E-state index in [0.717, 1.165) is 38.4 Å². The number of nitrogens with two attached hydrogens (primary N) is 1. The van der Waals surface area contributed by atoms with E-state index in [4.69, 9.17) is 29.4 Å². The van der Waals surface area contributed by atoms with Crippen molar-refractivity contribution in [1.82, 2.24) is 15.1 Å². The van der Waals surface area contributed by atoms with E-state index < -0.39 is 11.9 Å². The second kappa shape index (κ2) is 11.1. The summed E-state index contributed by atoms with van der Waals surface area (Å²) in [6.45, 7) is 6.84. The molecule has 1 saturated heterocycles. The van der Waals surface area contributed by atoms with Gasteiger partial charge in [0.25, 0.3) is 0 Å². The highest BCUT2D eigenvalue weighted by atomic mass is 16.5. The summed E-state index contributed by atoms with van der Waals surface area (Å²) in [6.07, 6.45) is -0.0572. The van der Waals surface area contributed by atoms with E-state index >= 15 is 0 Å². The van der Waals surface area contributed by atoms with Crippen molar-refractivity contribution in [3.8, 4) is 23.4 Å². The van der Waals surface area contributed by atoms with Crippen LogP contribution in [0.3, 0.4) is 0 Å². The number of esters is 1. The Morgan fingerprint density at radius 2 is 2.11 bits per heavy atom. The van der Waals surface area contributed by atoms with Crippen molar-refractivity contribution in [3.63, 3.8) is 0 Å². The van der Waals surface area contributed by atoms with E-state index in [9.17, 15) is 10.1 Å². The highest BCUT2D eigenvalue weighted by molar-refractivity contribution is 5.73. The first kappa shape index (κ1) is 24.4. The highest BCUT2D eigenvalue weighted by Gasteiger charge is 2.36. The Morgan fingerprint density at radius 3 is 2.83 bits per heavy atom. The molecule has 0 amide bonds. The number of nitrogens with zero attached hydrogens (tertiary/aromatic N) is 3. The van der Waals surface area contributed by atoms with E-state index in [-0.39, 0.29) is 23.8 Å². The Labute approximate surface area is 203 Å². The number of nitrogens with one attached hydrogen (secondary N) is 1. The van der Waals surface area contributed by atoms with Gasteiger partial charge < -0.3 is 29.4 Å². The van der Waals surface area contributed by atoms with Crippen molar-refractivity contribution in [2.75, 3.05) is 53.2 Å². The van der Waals surface area contributed by atoms with Gasteiger partial charge in [-0.2, -0.15) is 5.26 Å². The lowest BCUT2D eigenvalue weighted by molar-refractivity contribution is -0.139. The maximum atomic E-state index is 12.0. The SMILES string of the molecule is CCOc1cc(C2C(C#N)=C(N)Oc3n[nH]c(CC(=O)OC)c32)ccc1OCCN1CCOCC1. The summed E-state index contributed by atoms with van der Waals surface area (Å²) in [5, 5.41) is 16.9. The number of hydrogen-bond donors (Lipinski definition) is 2. The third-order valence-corrected chi connectivity index (χ3v) is 5.94. The first-order chi connectivity index (χ1) is 17.0. The smallest absolute Gasteiger partial charge is 0.311 e. The monoisotopic (exact) mass is 483 g/mol. The second-order valence-corrected chi connectivity index (χ2v) is 8.04. The lowest BCUT2D eigenvalue weighted by Gasteiger charge is -2.27. The maximum Gasteiger partial charge on any atom is 0.311 e. The molecule has 3 N–H and O–H groups in total. The van der Waals surface area contributed by atoms with Crippen LogP contribution in [0.5, 0.6) is 17.4 Å². The number of fused-ring (bicyclic) bond motifs is 1. The molecule has 0 saturated carbocycles. The molecule has 35 heavy (non-hydrogen) atoms. The van der Waals surface area contributed by atoms with Gasteiger partial charge in [0.2, 0.25) is 11.8 Å². The largest absolute Gasteiger partial charge is 0.490 e. The summed E-state index contributed by atoms with van der Waals surface area (Å²) in [5.74, 6) is 0.278. The van der Waals surface area contributed by atoms with Crippen molar-refractivity contribution < 1.29 is 28.5 Å². The minimum absolute atomic E-state index is 0.0371. The zero-order valence-corrected chi connectivity index (χ0v) is 19.8. The number of carbonyl (C=O) groups is 1. The average molecular weight is 484 g/mol. The average Bonchev–Trinajstić information content (AvgIpc) is 3.26. The van der Waals surface area contributed by atoms with E-state index in [0.29, 0.717) is 36.0 Å². The van der Waals surface area contributed by atoms with Crippen molar-refractivity contribution in [3.05, 3.63) is 46.5 Å². The number of allylic oxidation sites excluding steroid dienone is 1. The summed E-state index contributed by atoms with van der Waals surface area (Å²) in [5.41, 5.74) is 8.04. The number of methoxy groups -OCH3 is 1. The summed E-state index contributed by atoms with van der Waals surface area (Å²) < 4.78 is 27.7. The van der Waals surface area contributed by atoms with Gasteiger partial charge in [0.05, 0.1) is 50.5 Å². The van der Waals surface area contributed by atoms with Crippen LogP contribution >= 0.6 is 0 Å². The molecule has 3 heterocycles. The molecule has 1 aromatic heterocycles. The zero-order valence-electron chi connectivity index (χ0n) is 19.8. The topological polar surface area (TPSA) is 145 Å². The number of nitriles is 1. The van der Waals surface area contributed by atoms with Crippen molar-refractivity contribution in [2.24, 2.45) is 5.73 Å². The number of rotatable bonds is 9. The van der Waals surface area contributed by atoms with Gasteiger partial charge in [-0.25, -0.2) is 0 Å². The quantitative estimate of drug-likeness (QED) is 0.503. The van der Waals surface area contributed by atoms with Crippen LogP contribution in [0.1, 0.15) is 29.7 Å². The fourth-order valence-corrected chi connectivity index (χ4v) is 4.19. The normalized spacial score (nSPS) is 17.8. The highest BCUT2D eigenvalue weighted by Crippen LogP contribution is 2.44. The van der Waals surface area contributed by atoms with Gasteiger partial charge in [-0.15, -0.1) is 5.10 Å². The van der Waals surface area contributed by atoms with Crippen LogP contribution in [-0.4, -0.2) is 74.2 Å². The molecule has 1 atom stereocenters. The summed E-state index contributed by atoms with van der Waals surface area (Å²) in [7, 11) is 1.31. The van der Waals surface area contributed by atoms with Gasteiger partial charge in [0, 0.05) is 19.6 Å². The molecule has 186 valence electrons. The fraction of sp³-hybridized carbons (Fsp3) is 0.458. The molecule has 11 heteroatoms. The third kappa shape index (κ3) is 5.34. The number of carbonyl (C=O) groups excluding carboxylic acids is 1. The fourth-order valence-electron chi connectivity index (χ4n) is 4.19. The minimum atomic E-state index is -0.608. The number of benzene rings is 1. The van der Waals surface area contributed by atoms with Crippen molar-refractivity contribution in [1.29, 1.82) is 5.26 Å². The molecule has 11 nitrogen and oxygen atoms in total. The lowest BCUT2D eigenvalue weighted by Crippen LogP contribution is -2.38. The van der Waals surface area contributed by atoms with E-state index in [2.05, 4.69) is 21.2 Å². The Bertz CT molecular complexity index is 1130. The molecule has 1 unspecified atom stereocenters. The van der Waals surface area contributed by atoms with Crippen LogP contribution in [0, 0.1) is 11.3 Å². The van der Waals surface area contributed by atoms with Crippen molar-refractivity contribution in [2.45, 2.75) is 19.3 Å². The van der Waals surface area contributed by atoms with E-state index in [1.165, 1.54) is 7.11 Å². The molecule has 2 aliphatic rings. The first-order valence-corrected chi connectivity index (χ1v) is 11.5. The number of aromatic nitrogens is 2. The van der Waals surface area contributed by atoms with Crippen LogP contribution in [0.25, 0.3) is 0 Å². The number of aromatic amines is 1. The molecule has 2 aliphatic heterocycles. The van der Waals surface area contributed by atoms with Gasteiger partial charge in [-0.3, -0.25) is 14.8 Å². The second-order valence-electron chi connectivity index (χ2n) is 8.04. The molecule has 0 radical (unpaired) electrons.